The molecule has 0 aromatic heterocycles. The van der Waals surface area contributed by atoms with Gasteiger partial charge < -0.3 is 14.8 Å². The minimum Gasteiger partial charge on any atom is -0.493 e. The lowest BCUT2D eigenvalue weighted by molar-refractivity contribution is 0.354. The highest BCUT2D eigenvalue weighted by Crippen LogP contribution is 2.27. The van der Waals surface area contributed by atoms with E-state index in [0.717, 1.165) is 12.1 Å². The lowest BCUT2D eigenvalue weighted by Gasteiger charge is -2.12. The Bertz CT molecular complexity index is 568. The maximum absolute atomic E-state index is 12.1. The van der Waals surface area contributed by atoms with Crippen molar-refractivity contribution in [3.05, 3.63) is 23.8 Å². The van der Waals surface area contributed by atoms with E-state index in [1.165, 1.54) is 0 Å². The molecule has 1 unspecified atom stereocenters. The summed E-state index contributed by atoms with van der Waals surface area (Å²) in [6.45, 7) is 1.68. The topological polar surface area (TPSA) is 76.7 Å². The molecule has 1 aromatic rings. The van der Waals surface area contributed by atoms with E-state index in [-0.39, 0.29) is 5.25 Å². The summed E-state index contributed by atoms with van der Waals surface area (Å²) in [5, 5.41) is 2.75. The van der Waals surface area contributed by atoms with E-state index < -0.39 is 10.0 Å². The number of hydrogen-bond acceptors (Lipinski definition) is 5. The molecule has 2 N–H and O–H groups in total. The maximum Gasteiger partial charge on any atom is 0.215 e. The summed E-state index contributed by atoms with van der Waals surface area (Å²) >= 11 is 0. The van der Waals surface area contributed by atoms with Crippen LogP contribution in [0, 0.1) is 0 Å². The van der Waals surface area contributed by atoms with E-state index in [9.17, 15) is 8.42 Å². The Hall–Kier alpha value is -1.31. The normalized spacial score (nSPS) is 18.7. The summed E-state index contributed by atoms with van der Waals surface area (Å²) < 4.78 is 37.2. The number of methoxy groups -OCH3 is 2. The van der Waals surface area contributed by atoms with Crippen molar-refractivity contribution < 1.29 is 17.9 Å². The van der Waals surface area contributed by atoms with Gasteiger partial charge >= 0.3 is 0 Å². The van der Waals surface area contributed by atoms with Gasteiger partial charge in [-0.15, -0.1) is 0 Å². The van der Waals surface area contributed by atoms with Crippen LogP contribution in [0.5, 0.6) is 11.5 Å². The largest absolute Gasteiger partial charge is 0.493 e. The number of hydrogen-bond donors (Lipinski definition) is 2. The summed E-state index contributed by atoms with van der Waals surface area (Å²) in [7, 11) is -0.0617. The van der Waals surface area contributed by atoms with Crippen molar-refractivity contribution in [2.75, 3.05) is 33.9 Å². The Labute approximate surface area is 125 Å². The van der Waals surface area contributed by atoms with Crippen LogP contribution in [0.2, 0.25) is 0 Å². The third-order valence-electron chi connectivity index (χ3n) is 3.62. The van der Waals surface area contributed by atoms with Gasteiger partial charge in [0.25, 0.3) is 0 Å². The second-order valence-electron chi connectivity index (χ2n) is 4.99. The molecule has 1 aliphatic rings. The van der Waals surface area contributed by atoms with Crippen LogP contribution in [0.3, 0.4) is 0 Å². The van der Waals surface area contributed by atoms with Crippen LogP contribution in [0.25, 0.3) is 0 Å². The quantitative estimate of drug-likeness (QED) is 0.768. The minimum absolute atomic E-state index is 0.317. The van der Waals surface area contributed by atoms with Gasteiger partial charge in [-0.1, -0.05) is 6.07 Å². The second-order valence-corrected chi connectivity index (χ2v) is 7.04. The molecule has 1 atom stereocenters. The zero-order valence-electron chi connectivity index (χ0n) is 12.4. The summed E-state index contributed by atoms with van der Waals surface area (Å²) in [4.78, 5) is 0. The molecule has 7 heteroatoms. The summed E-state index contributed by atoms with van der Waals surface area (Å²) in [6.07, 6.45) is 1.28. The molecule has 0 aliphatic carbocycles. The fraction of sp³-hybridized carbons (Fsp3) is 0.571. The van der Waals surface area contributed by atoms with Gasteiger partial charge in [0.05, 0.1) is 19.5 Å². The molecule has 6 nitrogen and oxygen atoms in total. The highest BCUT2D eigenvalue weighted by atomic mass is 32.2. The van der Waals surface area contributed by atoms with Gasteiger partial charge in [-0.3, -0.25) is 0 Å². The molecule has 1 aromatic carbocycles. The highest BCUT2D eigenvalue weighted by molar-refractivity contribution is 7.90. The Kier molecular flexibility index (Phi) is 5.44. The number of rotatable bonds is 7. The molecular formula is C14H22N2O4S. The molecule has 2 rings (SSSR count). The van der Waals surface area contributed by atoms with E-state index >= 15 is 0 Å². The molecule has 0 amide bonds. The van der Waals surface area contributed by atoms with Crippen molar-refractivity contribution in [3.63, 3.8) is 0 Å². The van der Waals surface area contributed by atoms with Crippen LogP contribution >= 0.6 is 0 Å². The van der Waals surface area contributed by atoms with Crippen LogP contribution in [0.4, 0.5) is 0 Å². The number of nitrogens with one attached hydrogen (secondary N) is 2. The van der Waals surface area contributed by atoms with Crippen LogP contribution in [-0.4, -0.2) is 47.5 Å². The third-order valence-corrected chi connectivity index (χ3v) is 5.51. The Morgan fingerprint density at radius 2 is 2.05 bits per heavy atom. The molecule has 0 bridgehead atoms. The van der Waals surface area contributed by atoms with Crippen LogP contribution in [0.15, 0.2) is 18.2 Å². The van der Waals surface area contributed by atoms with E-state index in [0.29, 0.717) is 37.4 Å². The Morgan fingerprint density at radius 1 is 1.29 bits per heavy atom. The van der Waals surface area contributed by atoms with Gasteiger partial charge in [-0.25, -0.2) is 13.1 Å². The Balaban J connectivity index is 1.91. The van der Waals surface area contributed by atoms with Gasteiger partial charge in [0, 0.05) is 13.1 Å². The van der Waals surface area contributed by atoms with Crippen molar-refractivity contribution in [2.45, 2.75) is 18.1 Å². The lowest BCUT2D eigenvalue weighted by atomic mass is 10.1. The summed E-state index contributed by atoms with van der Waals surface area (Å²) in [5.74, 6) is 1.32. The fourth-order valence-corrected chi connectivity index (χ4v) is 3.77. The molecule has 1 aliphatic heterocycles. The number of benzene rings is 1. The number of sulfonamides is 1. The molecule has 0 spiro atoms. The van der Waals surface area contributed by atoms with Crippen molar-refractivity contribution in [1.29, 1.82) is 0 Å². The minimum atomic E-state index is -3.23. The van der Waals surface area contributed by atoms with E-state index in [2.05, 4.69) is 10.0 Å². The molecule has 1 heterocycles. The third kappa shape index (κ3) is 4.09. The fourth-order valence-electron chi connectivity index (χ4n) is 2.38. The maximum atomic E-state index is 12.1. The molecule has 0 saturated carbocycles. The average Bonchev–Trinajstić information content (AvgIpc) is 3.02. The van der Waals surface area contributed by atoms with E-state index in [1.807, 2.05) is 18.2 Å². The first-order chi connectivity index (χ1) is 10.1. The van der Waals surface area contributed by atoms with Crippen LogP contribution in [0.1, 0.15) is 12.0 Å². The van der Waals surface area contributed by atoms with Gasteiger partial charge in [-0.2, -0.15) is 0 Å². The van der Waals surface area contributed by atoms with Crippen molar-refractivity contribution in [1.82, 2.24) is 10.0 Å². The van der Waals surface area contributed by atoms with E-state index in [1.54, 1.807) is 14.2 Å². The lowest BCUT2D eigenvalue weighted by Crippen LogP contribution is -2.36. The van der Waals surface area contributed by atoms with Gasteiger partial charge in [0.2, 0.25) is 10.0 Å². The summed E-state index contributed by atoms with van der Waals surface area (Å²) in [6, 6.07) is 5.60. The van der Waals surface area contributed by atoms with Gasteiger partial charge in [-0.05, 0) is 37.1 Å². The average molecular weight is 314 g/mol. The first-order valence-electron chi connectivity index (χ1n) is 6.97. The van der Waals surface area contributed by atoms with Crippen molar-refractivity contribution in [3.8, 4) is 11.5 Å². The zero-order valence-corrected chi connectivity index (χ0v) is 13.2. The highest BCUT2D eigenvalue weighted by Gasteiger charge is 2.27. The van der Waals surface area contributed by atoms with Crippen molar-refractivity contribution >= 4 is 10.0 Å². The van der Waals surface area contributed by atoms with E-state index in [4.69, 9.17) is 9.47 Å². The molecular weight excluding hydrogens is 292 g/mol. The van der Waals surface area contributed by atoms with Gasteiger partial charge in [0.1, 0.15) is 0 Å². The smallest absolute Gasteiger partial charge is 0.215 e. The predicted molar refractivity (Wildman–Crippen MR) is 81.4 cm³/mol. The first-order valence-corrected chi connectivity index (χ1v) is 8.51. The molecule has 21 heavy (non-hydrogen) atoms. The van der Waals surface area contributed by atoms with Crippen LogP contribution in [-0.2, 0) is 16.4 Å². The molecule has 118 valence electrons. The zero-order chi connectivity index (χ0) is 15.3. The molecule has 1 saturated heterocycles. The summed E-state index contributed by atoms with van der Waals surface area (Å²) in [5.41, 5.74) is 1.000. The second kappa shape index (κ2) is 7.11. The first kappa shape index (κ1) is 16.1. The monoisotopic (exact) mass is 314 g/mol. The molecule has 0 radical (unpaired) electrons. The Morgan fingerprint density at radius 3 is 2.67 bits per heavy atom. The van der Waals surface area contributed by atoms with Crippen molar-refractivity contribution in [2.24, 2.45) is 0 Å². The number of ether oxygens (including phenoxy) is 2. The van der Waals surface area contributed by atoms with Crippen LogP contribution < -0.4 is 19.5 Å². The predicted octanol–water partition coefficient (Wildman–Crippen LogP) is 0.528. The standard InChI is InChI=1S/C14H22N2O4S/c1-19-13-4-3-11(9-14(13)20-2)5-8-16-21(17,18)12-6-7-15-10-12/h3-4,9,12,15-16H,5-8,10H2,1-2H3. The molecule has 1 fully saturated rings. The SMILES string of the molecule is COc1ccc(CCNS(=O)(=O)C2CCNC2)cc1OC. The van der Waals surface area contributed by atoms with Gasteiger partial charge in [0.15, 0.2) is 11.5 Å².